The normalized spacial score (nSPS) is 17.4. The summed E-state index contributed by atoms with van der Waals surface area (Å²) in [5, 5.41) is 7.97. The number of hydrogen-bond acceptors (Lipinski definition) is 5. The van der Waals surface area contributed by atoms with Crippen molar-refractivity contribution >= 4 is 12.0 Å². The third kappa shape index (κ3) is 5.04. The number of carbonyl (C=O) groups is 2. The molecule has 1 atom stereocenters. The van der Waals surface area contributed by atoms with Gasteiger partial charge in [0, 0.05) is 20.1 Å². The molecule has 0 bridgehead atoms. The van der Waals surface area contributed by atoms with E-state index in [1.807, 2.05) is 20.8 Å². The van der Waals surface area contributed by atoms with Crippen LogP contribution in [0.25, 0.3) is 0 Å². The number of nitrogens with zero attached hydrogens (tertiary/aromatic N) is 5. The molecule has 0 radical (unpaired) electrons. The average Bonchev–Trinajstić information content (AvgIpc) is 3.14. The lowest BCUT2D eigenvalue weighted by molar-refractivity contribution is 0.0211. The molecule has 0 aliphatic carbocycles. The fourth-order valence-electron chi connectivity index (χ4n) is 2.76. The highest BCUT2D eigenvalue weighted by atomic mass is 16.6. The van der Waals surface area contributed by atoms with E-state index in [2.05, 4.69) is 16.9 Å². The molecule has 1 saturated heterocycles. The van der Waals surface area contributed by atoms with Gasteiger partial charge in [-0.3, -0.25) is 4.79 Å². The molecule has 2 heterocycles. The molecule has 8 heteroatoms. The summed E-state index contributed by atoms with van der Waals surface area (Å²) in [6.45, 7) is 10.8. The predicted octanol–water partition coefficient (Wildman–Crippen LogP) is 1.94. The Labute approximate surface area is 148 Å². The summed E-state index contributed by atoms with van der Waals surface area (Å²) in [5.74, 6) is -0.207. The van der Waals surface area contributed by atoms with Gasteiger partial charge < -0.3 is 14.5 Å². The summed E-state index contributed by atoms with van der Waals surface area (Å²) in [7, 11) is 1.68. The highest BCUT2D eigenvalue weighted by Crippen LogP contribution is 2.22. The van der Waals surface area contributed by atoms with Crippen molar-refractivity contribution in [3.8, 4) is 0 Å². The Morgan fingerprint density at radius 2 is 2.20 bits per heavy atom. The molecule has 1 aromatic heterocycles. The lowest BCUT2D eigenvalue weighted by Gasteiger charge is -2.28. The topological polar surface area (TPSA) is 80.6 Å². The van der Waals surface area contributed by atoms with E-state index in [-0.39, 0.29) is 23.7 Å². The standard InChI is InChI=1S/C17H27N5O3/c1-6-9-20(5)15(23)14-12-21(19-18-14)11-13-8-7-10-22(13)16(24)25-17(2,3)4/h6,12-13H,1,7-11H2,2-5H3/t13-/m0/s1. The Hall–Kier alpha value is -2.38. The van der Waals surface area contributed by atoms with Gasteiger partial charge in [-0.05, 0) is 33.6 Å². The Kier molecular flexibility index (Phi) is 5.81. The minimum atomic E-state index is -0.521. The lowest BCUT2D eigenvalue weighted by atomic mass is 10.2. The zero-order chi connectivity index (χ0) is 18.6. The van der Waals surface area contributed by atoms with Crippen molar-refractivity contribution < 1.29 is 14.3 Å². The fourth-order valence-corrected chi connectivity index (χ4v) is 2.76. The molecule has 138 valence electrons. The van der Waals surface area contributed by atoms with Gasteiger partial charge in [0.15, 0.2) is 5.69 Å². The third-order valence-electron chi connectivity index (χ3n) is 3.91. The van der Waals surface area contributed by atoms with Crippen molar-refractivity contribution in [1.82, 2.24) is 24.8 Å². The Morgan fingerprint density at radius 1 is 1.48 bits per heavy atom. The van der Waals surface area contributed by atoms with Gasteiger partial charge in [0.05, 0.1) is 18.8 Å². The zero-order valence-corrected chi connectivity index (χ0v) is 15.4. The second-order valence-electron chi connectivity index (χ2n) is 7.27. The van der Waals surface area contributed by atoms with Crippen LogP contribution in [0.5, 0.6) is 0 Å². The van der Waals surface area contributed by atoms with Crippen LogP contribution in [0.15, 0.2) is 18.9 Å². The van der Waals surface area contributed by atoms with Crippen molar-refractivity contribution in [3.63, 3.8) is 0 Å². The van der Waals surface area contributed by atoms with Gasteiger partial charge in [-0.25, -0.2) is 9.48 Å². The van der Waals surface area contributed by atoms with Gasteiger partial charge in [0.1, 0.15) is 5.60 Å². The predicted molar refractivity (Wildman–Crippen MR) is 93.1 cm³/mol. The van der Waals surface area contributed by atoms with E-state index in [0.29, 0.717) is 19.6 Å². The largest absolute Gasteiger partial charge is 0.444 e. The van der Waals surface area contributed by atoms with Crippen LogP contribution in [0.1, 0.15) is 44.1 Å². The minimum absolute atomic E-state index is 0.00888. The first-order valence-electron chi connectivity index (χ1n) is 8.47. The van der Waals surface area contributed by atoms with Crippen molar-refractivity contribution in [1.29, 1.82) is 0 Å². The zero-order valence-electron chi connectivity index (χ0n) is 15.4. The molecule has 0 N–H and O–H groups in total. The Bertz CT molecular complexity index is 634. The van der Waals surface area contributed by atoms with E-state index in [0.717, 1.165) is 12.8 Å². The smallest absolute Gasteiger partial charge is 0.410 e. The molecule has 0 aromatic carbocycles. The average molecular weight is 349 g/mol. The van der Waals surface area contributed by atoms with E-state index < -0.39 is 5.60 Å². The number of amides is 2. The molecular weight excluding hydrogens is 322 g/mol. The second kappa shape index (κ2) is 7.67. The van der Waals surface area contributed by atoms with Crippen LogP contribution in [0.3, 0.4) is 0 Å². The summed E-state index contributed by atoms with van der Waals surface area (Å²) < 4.78 is 7.08. The third-order valence-corrected chi connectivity index (χ3v) is 3.91. The molecule has 8 nitrogen and oxygen atoms in total. The van der Waals surface area contributed by atoms with Crippen molar-refractivity contribution in [3.05, 3.63) is 24.5 Å². The molecule has 0 saturated carbocycles. The second-order valence-corrected chi connectivity index (χ2v) is 7.27. The Morgan fingerprint density at radius 3 is 2.84 bits per heavy atom. The molecule has 0 unspecified atom stereocenters. The number of carbonyl (C=O) groups excluding carboxylic acids is 2. The van der Waals surface area contributed by atoms with E-state index >= 15 is 0 Å². The maximum absolute atomic E-state index is 12.3. The van der Waals surface area contributed by atoms with Gasteiger partial charge in [-0.15, -0.1) is 11.7 Å². The lowest BCUT2D eigenvalue weighted by Crippen LogP contribution is -2.41. The minimum Gasteiger partial charge on any atom is -0.444 e. The van der Waals surface area contributed by atoms with Gasteiger partial charge in [0.25, 0.3) is 5.91 Å². The molecule has 2 amide bonds. The first kappa shape index (κ1) is 19.0. The van der Waals surface area contributed by atoms with Crippen LogP contribution < -0.4 is 0 Å². The maximum Gasteiger partial charge on any atom is 0.410 e. The van der Waals surface area contributed by atoms with E-state index in [9.17, 15) is 9.59 Å². The molecule has 1 aliphatic rings. The van der Waals surface area contributed by atoms with Crippen LogP contribution in [0, 0.1) is 0 Å². The van der Waals surface area contributed by atoms with Gasteiger partial charge in [-0.1, -0.05) is 11.3 Å². The van der Waals surface area contributed by atoms with Gasteiger partial charge >= 0.3 is 6.09 Å². The molecule has 1 fully saturated rings. The number of hydrogen-bond donors (Lipinski definition) is 0. The first-order chi connectivity index (χ1) is 11.7. The van der Waals surface area contributed by atoms with Gasteiger partial charge in [0.2, 0.25) is 0 Å². The van der Waals surface area contributed by atoms with Crippen LogP contribution in [0.2, 0.25) is 0 Å². The van der Waals surface area contributed by atoms with Gasteiger partial charge in [-0.2, -0.15) is 0 Å². The van der Waals surface area contributed by atoms with E-state index in [1.54, 1.807) is 28.9 Å². The van der Waals surface area contributed by atoms with Crippen LogP contribution in [-0.4, -0.2) is 68.6 Å². The molecule has 0 spiro atoms. The number of rotatable bonds is 5. The fraction of sp³-hybridized carbons (Fsp3) is 0.647. The highest BCUT2D eigenvalue weighted by molar-refractivity contribution is 5.91. The summed E-state index contributed by atoms with van der Waals surface area (Å²) in [5.41, 5.74) is -0.238. The summed E-state index contributed by atoms with van der Waals surface area (Å²) in [4.78, 5) is 27.8. The molecular formula is C17H27N5O3. The molecule has 1 aromatic rings. The molecule has 2 rings (SSSR count). The van der Waals surface area contributed by atoms with Crippen molar-refractivity contribution in [2.45, 2.75) is 51.8 Å². The number of ether oxygens (including phenoxy) is 1. The van der Waals surface area contributed by atoms with Crippen LogP contribution >= 0.6 is 0 Å². The SMILES string of the molecule is C=CCN(C)C(=O)c1cn(C[C@@H]2CCCN2C(=O)OC(C)(C)C)nn1. The van der Waals surface area contributed by atoms with Crippen molar-refractivity contribution in [2.24, 2.45) is 0 Å². The number of aromatic nitrogens is 3. The van der Waals surface area contributed by atoms with Crippen LogP contribution in [0.4, 0.5) is 4.79 Å². The summed E-state index contributed by atoms with van der Waals surface area (Å²) in [6.07, 6.45) is 4.76. The quantitative estimate of drug-likeness (QED) is 0.759. The van der Waals surface area contributed by atoms with Crippen LogP contribution in [-0.2, 0) is 11.3 Å². The number of likely N-dealkylation sites (N-methyl/N-ethyl adjacent to an activating group) is 1. The van der Waals surface area contributed by atoms with E-state index in [1.165, 1.54) is 4.90 Å². The summed E-state index contributed by atoms with van der Waals surface area (Å²) >= 11 is 0. The maximum atomic E-state index is 12.3. The van der Waals surface area contributed by atoms with Crippen molar-refractivity contribution in [2.75, 3.05) is 20.1 Å². The first-order valence-corrected chi connectivity index (χ1v) is 8.47. The molecule has 25 heavy (non-hydrogen) atoms. The monoisotopic (exact) mass is 349 g/mol. The van der Waals surface area contributed by atoms with E-state index in [4.69, 9.17) is 4.74 Å². The number of likely N-dealkylation sites (tertiary alicyclic amines) is 1. The highest BCUT2D eigenvalue weighted by Gasteiger charge is 2.32. The molecule has 1 aliphatic heterocycles. The summed E-state index contributed by atoms with van der Waals surface area (Å²) in [6, 6.07) is -0.00888. The Balaban J connectivity index is 2.00.